The van der Waals surface area contributed by atoms with Gasteiger partial charge < -0.3 is 10.4 Å². The zero-order valence-electron chi connectivity index (χ0n) is 10.7. The lowest BCUT2D eigenvalue weighted by Crippen LogP contribution is -2.42. The molecule has 4 heteroatoms. The van der Waals surface area contributed by atoms with E-state index in [0.29, 0.717) is 18.4 Å². The van der Waals surface area contributed by atoms with Gasteiger partial charge in [0.2, 0.25) is 0 Å². The molecule has 0 bridgehead atoms. The molecule has 17 heavy (non-hydrogen) atoms. The number of hydrogen-bond acceptors (Lipinski definition) is 3. The van der Waals surface area contributed by atoms with Crippen LogP contribution in [0.5, 0.6) is 0 Å². The minimum Gasteiger partial charge on any atom is -0.388 e. The summed E-state index contributed by atoms with van der Waals surface area (Å²) in [6, 6.07) is 3.52. The van der Waals surface area contributed by atoms with Crippen molar-refractivity contribution in [3.05, 3.63) is 29.6 Å². The van der Waals surface area contributed by atoms with Gasteiger partial charge in [0.1, 0.15) is 0 Å². The van der Waals surface area contributed by atoms with Crippen molar-refractivity contribution in [2.45, 2.75) is 39.2 Å². The van der Waals surface area contributed by atoms with Crippen LogP contribution >= 0.6 is 0 Å². The highest BCUT2D eigenvalue weighted by Gasteiger charge is 2.22. The molecule has 1 heterocycles. The number of hydrogen-bond donors (Lipinski definition) is 2. The molecule has 2 N–H and O–H groups in total. The van der Waals surface area contributed by atoms with Crippen LogP contribution in [0.2, 0.25) is 0 Å². The maximum Gasteiger partial charge on any atom is 0.252 e. The largest absolute Gasteiger partial charge is 0.388 e. The molecule has 0 atom stereocenters. The van der Waals surface area contributed by atoms with Crippen molar-refractivity contribution >= 4 is 5.91 Å². The van der Waals surface area contributed by atoms with Crippen LogP contribution in [0, 0.1) is 6.92 Å². The lowest BCUT2D eigenvalue weighted by molar-refractivity contribution is 0.0314. The van der Waals surface area contributed by atoms with Gasteiger partial charge in [0.15, 0.2) is 0 Å². The molecule has 0 aliphatic carbocycles. The van der Waals surface area contributed by atoms with E-state index in [-0.39, 0.29) is 12.5 Å². The number of aliphatic hydroxyl groups is 1. The third-order valence-electron chi connectivity index (χ3n) is 3.07. The Hall–Kier alpha value is -1.42. The average molecular weight is 236 g/mol. The van der Waals surface area contributed by atoms with Gasteiger partial charge in [-0.05, 0) is 31.9 Å². The molecule has 94 valence electrons. The van der Waals surface area contributed by atoms with E-state index in [4.69, 9.17) is 0 Å². The molecule has 0 radical (unpaired) electrons. The van der Waals surface area contributed by atoms with Crippen molar-refractivity contribution in [1.82, 2.24) is 10.3 Å². The lowest BCUT2D eigenvalue weighted by Gasteiger charge is -2.25. The van der Waals surface area contributed by atoms with E-state index in [1.807, 2.05) is 20.8 Å². The van der Waals surface area contributed by atoms with E-state index in [0.717, 1.165) is 5.69 Å². The summed E-state index contributed by atoms with van der Waals surface area (Å²) in [7, 11) is 0. The zero-order valence-corrected chi connectivity index (χ0v) is 10.7. The number of rotatable bonds is 5. The van der Waals surface area contributed by atoms with Gasteiger partial charge >= 0.3 is 0 Å². The van der Waals surface area contributed by atoms with E-state index < -0.39 is 5.60 Å². The van der Waals surface area contributed by atoms with E-state index in [9.17, 15) is 9.90 Å². The highest BCUT2D eigenvalue weighted by molar-refractivity contribution is 5.93. The molecule has 4 nitrogen and oxygen atoms in total. The number of nitrogens with one attached hydrogen (secondary N) is 1. The molecule has 1 rings (SSSR count). The van der Waals surface area contributed by atoms with Crippen LogP contribution in [-0.4, -0.2) is 28.1 Å². The highest BCUT2D eigenvalue weighted by Crippen LogP contribution is 2.13. The average Bonchev–Trinajstić information content (AvgIpc) is 2.36. The normalized spacial score (nSPS) is 11.3. The molecule has 1 aromatic rings. The Labute approximate surface area is 102 Å². The summed E-state index contributed by atoms with van der Waals surface area (Å²) in [5.74, 6) is -0.196. The van der Waals surface area contributed by atoms with Crippen molar-refractivity contribution in [3.63, 3.8) is 0 Å². The molecule has 0 saturated heterocycles. The smallest absolute Gasteiger partial charge is 0.252 e. The molecular formula is C13H20N2O2. The minimum absolute atomic E-state index is 0.196. The molecule has 0 unspecified atom stereocenters. The molecule has 0 spiro atoms. The molecule has 1 amide bonds. The van der Waals surface area contributed by atoms with Crippen molar-refractivity contribution in [1.29, 1.82) is 0 Å². The Morgan fingerprint density at radius 1 is 1.41 bits per heavy atom. The Morgan fingerprint density at radius 2 is 2.06 bits per heavy atom. The van der Waals surface area contributed by atoms with E-state index >= 15 is 0 Å². The topological polar surface area (TPSA) is 62.2 Å². The maximum atomic E-state index is 11.8. The Kier molecular flexibility index (Phi) is 4.63. The van der Waals surface area contributed by atoms with Gasteiger partial charge in [-0.1, -0.05) is 13.8 Å². The molecule has 0 fully saturated rings. The predicted molar refractivity (Wildman–Crippen MR) is 66.8 cm³/mol. The van der Waals surface area contributed by atoms with Crippen LogP contribution < -0.4 is 5.32 Å². The van der Waals surface area contributed by atoms with Crippen LogP contribution in [0.1, 0.15) is 42.7 Å². The Morgan fingerprint density at radius 3 is 2.53 bits per heavy atom. The third kappa shape index (κ3) is 3.82. The van der Waals surface area contributed by atoms with Crippen LogP contribution in [0.4, 0.5) is 0 Å². The van der Waals surface area contributed by atoms with Crippen molar-refractivity contribution < 1.29 is 9.90 Å². The molecule has 0 aliphatic heterocycles. The first-order valence-electron chi connectivity index (χ1n) is 5.94. The first kappa shape index (κ1) is 13.6. The summed E-state index contributed by atoms with van der Waals surface area (Å²) in [6.07, 6.45) is 2.79. The van der Waals surface area contributed by atoms with Crippen LogP contribution in [0.15, 0.2) is 18.3 Å². The van der Waals surface area contributed by atoms with Crippen molar-refractivity contribution in [2.24, 2.45) is 0 Å². The van der Waals surface area contributed by atoms with Crippen molar-refractivity contribution in [2.75, 3.05) is 6.54 Å². The first-order valence-corrected chi connectivity index (χ1v) is 5.94. The molecule has 0 aromatic carbocycles. The molecule has 1 aromatic heterocycles. The zero-order chi connectivity index (χ0) is 12.9. The van der Waals surface area contributed by atoms with Gasteiger partial charge in [0.25, 0.3) is 5.91 Å². The fraction of sp³-hybridized carbons (Fsp3) is 0.538. The van der Waals surface area contributed by atoms with Gasteiger partial charge in [-0.2, -0.15) is 0 Å². The summed E-state index contributed by atoms with van der Waals surface area (Å²) in [5, 5.41) is 12.8. The van der Waals surface area contributed by atoms with E-state index in [2.05, 4.69) is 10.3 Å². The monoisotopic (exact) mass is 236 g/mol. The number of aromatic nitrogens is 1. The number of carbonyl (C=O) groups is 1. The maximum absolute atomic E-state index is 11.8. The van der Waals surface area contributed by atoms with Gasteiger partial charge in [-0.15, -0.1) is 0 Å². The number of aryl methyl sites for hydroxylation is 1. The lowest BCUT2D eigenvalue weighted by atomic mass is 9.97. The van der Waals surface area contributed by atoms with Gasteiger partial charge in [-0.3, -0.25) is 9.78 Å². The van der Waals surface area contributed by atoms with Gasteiger partial charge in [0, 0.05) is 18.4 Å². The van der Waals surface area contributed by atoms with Crippen LogP contribution in [0.25, 0.3) is 0 Å². The van der Waals surface area contributed by atoms with Crippen LogP contribution in [0.3, 0.4) is 0 Å². The number of carbonyl (C=O) groups excluding carboxylic acids is 1. The standard InChI is InChI=1S/C13H20N2O2/c1-4-13(17,5-2)9-15-12(16)11-7-6-10(3)14-8-11/h6-8,17H,4-5,9H2,1-3H3,(H,15,16). The third-order valence-corrected chi connectivity index (χ3v) is 3.07. The summed E-state index contributed by atoms with van der Waals surface area (Å²) in [6.45, 7) is 5.95. The van der Waals surface area contributed by atoms with Gasteiger partial charge in [-0.25, -0.2) is 0 Å². The van der Waals surface area contributed by atoms with E-state index in [1.165, 1.54) is 0 Å². The highest BCUT2D eigenvalue weighted by atomic mass is 16.3. The fourth-order valence-corrected chi connectivity index (χ4v) is 1.45. The van der Waals surface area contributed by atoms with Crippen LogP contribution in [-0.2, 0) is 0 Å². The Bertz CT molecular complexity index is 370. The second kappa shape index (κ2) is 5.77. The Balaban J connectivity index is 2.58. The number of nitrogens with zero attached hydrogens (tertiary/aromatic N) is 1. The number of pyridine rings is 1. The first-order chi connectivity index (χ1) is 8.00. The predicted octanol–water partition coefficient (Wildman–Crippen LogP) is 1.67. The van der Waals surface area contributed by atoms with Gasteiger partial charge in [0.05, 0.1) is 11.2 Å². The SMILES string of the molecule is CCC(O)(CC)CNC(=O)c1ccc(C)nc1. The summed E-state index contributed by atoms with van der Waals surface area (Å²) < 4.78 is 0. The molecular weight excluding hydrogens is 216 g/mol. The quantitative estimate of drug-likeness (QED) is 0.817. The summed E-state index contributed by atoms with van der Waals surface area (Å²) >= 11 is 0. The van der Waals surface area contributed by atoms with E-state index in [1.54, 1.807) is 18.3 Å². The second-order valence-electron chi connectivity index (χ2n) is 4.30. The summed E-state index contributed by atoms with van der Waals surface area (Å²) in [4.78, 5) is 15.8. The molecule has 0 aliphatic rings. The minimum atomic E-state index is -0.812. The number of amides is 1. The van der Waals surface area contributed by atoms with Crippen molar-refractivity contribution in [3.8, 4) is 0 Å². The second-order valence-corrected chi connectivity index (χ2v) is 4.30. The molecule has 0 saturated carbocycles. The summed E-state index contributed by atoms with van der Waals surface area (Å²) in [5.41, 5.74) is 0.582. The fourth-order valence-electron chi connectivity index (χ4n) is 1.45.